The lowest BCUT2D eigenvalue weighted by atomic mass is 9.96. The smallest absolute Gasteiger partial charge is 0.101 e. The molecular weight excluding hydrogens is 300 g/mol. The van der Waals surface area contributed by atoms with Crippen LogP contribution in [0, 0.1) is 9.81 Å². The number of benzene rings is 2. The summed E-state index contributed by atoms with van der Waals surface area (Å²) in [5.41, 5.74) is 1.34. The molecule has 2 rings (SSSR count). The third-order valence-electron chi connectivity index (χ3n) is 3.45. The standard InChI is InChI=1S/2C10H13NO/c2*1-10(2,11-12)8-9-6-4-3-5-7-9/h2*3-7H,8H2,1-2H3. The van der Waals surface area contributed by atoms with E-state index in [0.29, 0.717) is 12.8 Å². The summed E-state index contributed by atoms with van der Waals surface area (Å²) < 4.78 is 0. The van der Waals surface area contributed by atoms with Gasteiger partial charge in [-0.3, -0.25) is 0 Å². The Morgan fingerprint density at radius 2 is 0.917 bits per heavy atom. The number of nitrogens with zero attached hydrogens (tertiary/aromatic N) is 2. The lowest BCUT2D eigenvalue weighted by Crippen LogP contribution is -2.18. The molecule has 128 valence electrons. The van der Waals surface area contributed by atoms with Crippen molar-refractivity contribution in [2.24, 2.45) is 10.4 Å². The lowest BCUT2D eigenvalue weighted by Gasteiger charge is -2.14. The SMILES string of the molecule is CC(C)(Cc1ccccc1)N=O.CC(C)(Cc1ccccc1)N=O. The highest BCUT2D eigenvalue weighted by atomic mass is 16.3. The number of hydrogen-bond donors (Lipinski definition) is 0. The fraction of sp³-hybridized carbons (Fsp3) is 0.400. The average Bonchev–Trinajstić information content (AvgIpc) is 2.57. The Kier molecular flexibility index (Phi) is 7.43. The zero-order valence-electron chi connectivity index (χ0n) is 14.9. The maximum Gasteiger partial charge on any atom is 0.101 e. The van der Waals surface area contributed by atoms with Gasteiger partial charge >= 0.3 is 0 Å². The Morgan fingerprint density at radius 3 is 1.17 bits per heavy atom. The van der Waals surface area contributed by atoms with Gasteiger partial charge in [-0.2, -0.15) is 9.81 Å². The van der Waals surface area contributed by atoms with Gasteiger partial charge in [0.1, 0.15) is 11.1 Å². The Balaban J connectivity index is 0.000000240. The minimum absolute atomic E-state index is 0.485. The molecule has 0 unspecified atom stereocenters. The van der Waals surface area contributed by atoms with E-state index in [1.165, 1.54) is 0 Å². The zero-order chi connectivity index (χ0) is 18.1. The van der Waals surface area contributed by atoms with Gasteiger partial charge in [-0.05, 0) is 38.8 Å². The molecule has 2 aromatic rings. The summed E-state index contributed by atoms with van der Waals surface area (Å²) in [7, 11) is 0. The molecule has 4 heteroatoms. The van der Waals surface area contributed by atoms with Gasteiger partial charge in [0.25, 0.3) is 0 Å². The fourth-order valence-corrected chi connectivity index (χ4v) is 2.26. The van der Waals surface area contributed by atoms with Gasteiger partial charge in [0.2, 0.25) is 0 Å². The molecule has 0 heterocycles. The molecule has 0 aliphatic heterocycles. The zero-order valence-corrected chi connectivity index (χ0v) is 14.9. The minimum atomic E-state index is -0.485. The second kappa shape index (κ2) is 9.06. The molecule has 2 aromatic carbocycles. The van der Waals surface area contributed by atoms with Gasteiger partial charge in [0.05, 0.1) is 0 Å². The molecule has 0 saturated carbocycles. The summed E-state index contributed by atoms with van der Waals surface area (Å²) in [5.74, 6) is 0. The van der Waals surface area contributed by atoms with Crippen molar-refractivity contribution in [2.75, 3.05) is 0 Å². The monoisotopic (exact) mass is 326 g/mol. The third kappa shape index (κ3) is 7.77. The van der Waals surface area contributed by atoms with Gasteiger partial charge in [-0.25, -0.2) is 0 Å². The first-order chi connectivity index (χ1) is 11.3. The van der Waals surface area contributed by atoms with Crippen molar-refractivity contribution in [3.8, 4) is 0 Å². The summed E-state index contributed by atoms with van der Waals surface area (Å²) in [6, 6.07) is 19.8. The summed E-state index contributed by atoms with van der Waals surface area (Å²) >= 11 is 0. The van der Waals surface area contributed by atoms with E-state index in [-0.39, 0.29) is 0 Å². The molecule has 0 amide bonds. The van der Waals surface area contributed by atoms with Crippen molar-refractivity contribution in [3.05, 3.63) is 81.6 Å². The van der Waals surface area contributed by atoms with Gasteiger partial charge in [0.15, 0.2) is 0 Å². The van der Waals surface area contributed by atoms with Crippen LogP contribution in [0.2, 0.25) is 0 Å². The number of hydrogen-bond acceptors (Lipinski definition) is 4. The van der Waals surface area contributed by atoms with Crippen LogP contribution < -0.4 is 0 Å². The fourth-order valence-electron chi connectivity index (χ4n) is 2.26. The quantitative estimate of drug-likeness (QED) is 0.653. The lowest BCUT2D eigenvalue weighted by molar-refractivity contribution is 0.515. The van der Waals surface area contributed by atoms with Crippen LogP contribution in [0.4, 0.5) is 0 Å². The highest BCUT2D eigenvalue weighted by molar-refractivity contribution is 5.18. The second-order valence-electron chi connectivity index (χ2n) is 7.13. The van der Waals surface area contributed by atoms with Crippen molar-refractivity contribution in [2.45, 2.75) is 51.6 Å². The Morgan fingerprint density at radius 1 is 0.625 bits per heavy atom. The number of nitroso groups, excluding NO2 is 2. The van der Waals surface area contributed by atoms with Crippen molar-refractivity contribution >= 4 is 0 Å². The van der Waals surface area contributed by atoms with Crippen molar-refractivity contribution in [1.29, 1.82) is 0 Å². The highest BCUT2D eigenvalue weighted by Gasteiger charge is 2.18. The first kappa shape index (κ1) is 19.7. The largest absolute Gasteiger partial charge is 0.150 e. The van der Waals surface area contributed by atoms with E-state index in [1.807, 2.05) is 88.4 Å². The van der Waals surface area contributed by atoms with Crippen LogP contribution >= 0.6 is 0 Å². The molecule has 0 aliphatic carbocycles. The van der Waals surface area contributed by atoms with E-state index < -0.39 is 11.1 Å². The van der Waals surface area contributed by atoms with Crippen LogP contribution in [0.1, 0.15) is 38.8 Å². The summed E-state index contributed by atoms with van der Waals surface area (Å²) in [5, 5.41) is 6.13. The Hall–Kier alpha value is -2.36. The molecule has 0 saturated heterocycles. The molecule has 0 spiro atoms. The van der Waals surface area contributed by atoms with Crippen LogP contribution in [-0.4, -0.2) is 11.1 Å². The molecule has 24 heavy (non-hydrogen) atoms. The molecular formula is C20H26N2O2. The van der Waals surface area contributed by atoms with Gasteiger partial charge in [-0.15, -0.1) is 0 Å². The van der Waals surface area contributed by atoms with Gasteiger partial charge in [0, 0.05) is 12.8 Å². The van der Waals surface area contributed by atoms with Crippen LogP contribution in [-0.2, 0) is 12.8 Å². The Labute approximate surface area is 144 Å². The van der Waals surface area contributed by atoms with E-state index in [4.69, 9.17) is 0 Å². The normalized spacial score (nSPS) is 11.2. The van der Waals surface area contributed by atoms with E-state index in [0.717, 1.165) is 11.1 Å². The van der Waals surface area contributed by atoms with Crippen LogP contribution in [0.3, 0.4) is 0 Å². The molecule has 0 fully saturated rings. The third-order valence-corrected chi connectivity index (χ3v) is 3.45. The van der Waals surface area contributed by atoms with E-state index in [1.54, 1.807) is 0 Å². The van der Waals surface area contributed by atoms with Gasteiger partial charge < -0.3 is 0 Å². The maximum atomic E-state index is 10.4. The predicted molar refractivity (Wildman–Crippen MR) is 100 cm³/mol. The van der Waals surface area contributed by atoms with Crippen molar-refractivity contribution < 1.29 is 0 Å². The van der Waals surface area contributed by atoms with E-state index in [2.05, 4.69) is 10.4 Å². The maximum absolute atomic E-state index is 10.4. The molecule has 0 atom stereocenters. The molecule has 4 nitrogen and oxygen atoms in total. The van der Waals surface area contributed by atoms with Crippen molar-refractivity contribution in [3.63, 3.8) is 0 Å². The number of rotatable bonds is 6. The first-order valence-electron chi connectivity index (χ1n) is 8.05. The van der Waals surface area contributed by atoms with Crippen LogP contribution in [0.25, 0.3) is 0 Å². The minimum Gasteiger partial charge on any atom is -0.150 e. The summed E-state index contributed by atoms with van der Waals surface area (Å²) in [6.07, 6.45) is 1.41. The second-order valence-corrected chi connectivity index (χ2v) is 7.13. The van der Waals surface area contributed by atoms with E-state index in [9.17, 15) is 9.81 Å². The van der Waals surface area contributed by atoms with Crippen LogP contribution in [0.15, 0.2) is 71.0 Å². The average molecular weight is 326 g/mol. The first-order valence-corrected chi connectivity index (χ1v) is 8.05. The van der Waals surface area contributed by atoms with E-state index >= 15 is 0 Å². The Bertz CT molecular complexity index is 565. The molecule has 0 aliphatic rings. The molecule has 0 bridgehead atoms. The molecule has 0 aromatic heterocycles. The molecule has 0 radical (unpaired) electrons. The van der Waals surface area contributed by atoms with Gasteiger partial charge in [-0.1, -0.05) is 71.0 Å². The highest BCUT2D eigenvalue weighted by Crippen LogP contribution is 2.16. The van der Waals surface area contributed by atoms with Crippen molar-refractivity contribution in [1.82, 2.24) is 0 Å². The summed E-state index contributed by atoms with van der Waals surface area (Å²) in [4.78, 5) is 20.8. The van der Waals surface area contributed by atoms with Crippen LogP contribution in [0.5, 0.6) is 0 Å². The topological polar surface area (TPSA) is 58.9 Å². The predicted octanol–water partition coefficient (Wildman–Crippen LogP) is 5.55. The molecule has 0 N–H and O–H groups in total. The summed E-state index contributed by atoms with van der Waals surface area (Å²) in [6.45, 7) is 7.36.